The van der Waals surface area contributed by atoms with Crippen LogP contribution in [-0.4, -0.2) is 19.5 Å². The summed E-state index contributed by atoms with van der Waals surface area (Å²) in [4.78, 5) is 23.4. The molecule has 0 saturated heterocycles. The third-order valence-corrected chi connectivity index (χ3v) is 6.04. The van der Waals surface area contributed by atoms with Crippen molar-refractivity contribution in [2.75, 3.05) is 5.73 Å². The fraction of sp³-hybridized carbons (Fsp3) is 0.318. The first-order chi connectivity index (χ1) is 13.7. The Bertz CT molecular complexity index is 1210. The van der Waals surface area contributed by atoms with E-state index in [1.807, 2.05) is 24.4 Å². The molecule has 2 unspecified atom stereocenters. The zero-order valence-electron chi connectivity index (χ0n) is 15.6. The molecule has 3 N–H and O–H groups in total. The van der Waals surface area contributed by atoms with E-state index in [4.69, 9.17) is 5.73 Å². The molecule has 6 heteroatoms. The van der Waals surface area contributed by atoms with Gasteiger partial charge in [-0.2, -0.15) is 0 Å². The van der Waals surface area contributed by atoms with E-state index in [0.29, 0.717) is 23.2 Å². The summed E-state index contributed by atoms with van der Waals surface area (Å²) >= 11 is 0. The number of hydrogen-bond donors (Lipinski definition) is 2. The lowest BCUT2D eigenvalue weighted by molar-refractivity contribution is 0.461. The van der Waals surface area contributed by atoms with Crippen molar-refractivity contribution in [3.05, 3.63) is 64.8 Å². The Kier molecular flexibility index (Phi) is 4.11. The predicted octanol–water partition coefficient (Wildman–Crippen LogP) is 3.83. The number of aryl methyl sites for hydroxylation is 1. The normalized spacial score (nSPS) is 19.6. The number of aromatic nitrogens is 4. The van der Waals surface area contributed by atoms with Gasteiger partial charge in [0.1, 0.15) is 11.5 Å². The van der Waals surface area contributed by atoms with E-state index in [9.17, 15) is 4.79 Å². The van der Waals surface area contributed by atoms with E-state index in [2.05, 4.69) is 37.7 Å². The third-order valence-electron chi connectivity index (χ3n) is 6.04. The van der Waals surface area contributed by atoms with Gasteiger partial charge in [-0.3, -0.25) is 4.79 Å². The van der Waals surface area contributed by atoms with Gasteiger partial charge in [0.2, 0.25) is 0 Å². The van der Waals surface area contributed by atoms with Crippen molar-refractivity contribution in [2.45, 2.75) is 38.1 Å². The van der Waals surface area contributed by atoms with Crippen LogP contribution in [0.25, 0.3) is 21.9 Å². The lowest BCUT2D eigenvalue weighted by Gasteiger charge is -2.14. The van der Waals surface area contributed by atoms with E-state index in [1.54, 1.807) is 0 Å². The number of nitrogens with zero attached hydrogens (tertiary/aromatic N) is 3. The van der Waals surface area contributed by atoms with Gasteiger partial charge in [0, 0.05) is 17.6 Å². The van der Waals surface area contributed by atoms with Crippen molar-refractivity contribution in [1.82, 2.24) is 19.5 Å². The molecular formula is C22H23N5O. The van der Waals surface area contributed by atoms with Gasteiger partial charge in [0.15, 0.2) is 0 Å². The monoisotopic (exact) mass is 373 g/mol. The molecule has 1 fully saturated rings. The second-order valence-electron chi connectivity index (χ2n) is 7.83. The number of H-pyrrole nitrogens is 1. The molecule has 0 radical (unpaired) electrons. The zero-order valence-corrected chi connectivity index (χ0v) is 15.6. The van der Waals surface area contributed by atoms with E-state index in [0.717, 1.165) is 42.2 Å². The maximum Gasteiger partial charge on any atom is 0.260 e. The van der Waals surface area contributed by atoms with Crippen LogP contribution in [0.4, 0.5) is 5.82 Å². The molecule has 1 saturated carbocycles. The summed E-state index contributed by atoms with van der Waals surface area (Å²) in [5.74, 6) is 1.25. The third kappa shape index (κ3) is 3.05. The highest BCUT2D eigenvalue weighted by Crippen LogP contribution is 2.38. The van der Waals surface area contributed by atoms with Crippen molar-refractivity contribution < 1.29 is 0 Å². The molecule has 0 spiro atoms. The summed E-state index contributed by atoms with van der Waals surface area (Å²) in [6.45, 7) is 0. The van der Waals surface area contributed by atoms with Gasteiger partial charge < -0.3 is 15.3 Å². The molecule has 1 aromatic carbocycles. The summed E-state index contributed by atoms with van der Waals surface area (Å²) in [5, 5.41) is 1.80. The Morgan fingerprint density at radius 2 is 2.07 bits per heavy atom. The Morgan fingerprint density at radius 1 is 1.18 bits per heavy atom. The maximum absolute atomic E-state index is 11.9. The predicted molar refractivity (Wildman–Crippen MR) is 111 cm³/mol. The van der Waals surface area contributed by atoms with Crippen LogP contribution in [0, 0.1) is 5.92 Å². The van der Waals surface area contributed by atoms with Gasteiger partial charge in [-0.1, -0.05) is 12.1 Å². The van der Waals surface area contributed by atoms with Crippen LogP contribution < -0.4 is 11.3 Å². The SMILES string of the molecule is Nc1ccc2ccc(CCC3CCC(n4ccc5c(=O)[nH]cnc54)C3)cc2n1. The number of nitrogen functional groups attached to an aromatic ring is 1. The quantitative estimate of drug-likeness (QED) is 0.569. The van der Waals surface area contributed by atoms with Crippen molar-refractivity contribution >= 4 is 27.8 Å². The molecule has 0 amide bonds. The highest BCUT2D eigenvalue weighted by atomic mass is 16.1. The van der Waals surface area contributed by atoms with E-state index in [1.165, 1.54) is 18.3 Å². The number of benzene rings is 1. The largest absolute Gasteiger partial charge is 0.384 e. The number of hydrogen-bond acceptors (Lipinski definition) is 4. The molecule has 4 aromatic rings. The summed E-state index contributed by atoms with van der Waals surface area (Å²) in [6, 6.07) is 12.6. The van der Waals surface area contributed by atoms with Crippen LogP contribution >= 0.6 is 0 Å². The number of anilines is 1. The minimum Gasteiger partial charge on any atom is -0.384 e. The summed E-state index contributed by atoms with van der Waals surface area (Å²) in [5.41, 5.74) is 8.83. The summed E-state index contributed by atoms with van der Waals surface area (Å²) < 4.78 is 2.19. The number of pyridine rings is 1. The molecule has 5 rings (SSSR count). The van der Waals surface area contributed by atoms with Crippen LogP contribution in [0.3, 0.4) is 0 Å². The molecule has 0 bridgehead atoms. The minimum absolute atomic E-state index is 0.0659. The molecule has 2 atom stereocenters. The Balaban J connectivity index is 1.28. The van der Waals surface area contributed by atoms with Gasteiger partial charge in [-0.05, 0) is 67.9 Å². The number of nitrogens with one attached hydrogen (secondary N) is 1. The average Bonchev–Trinajstić information content (AvgIpc) is 3.33. The van der Waals surface area contributed by atoms with Gasteiger partial charge in [0.25, 0.3) is 5.56 Å². The first kappa shape index (κ1) is 17.0. The molecule has 0 aliphatic heterocycles. The van der Waals surface area contributed by atoms with E-state index >= 15 is 0 Å². The first-order valence-electron chi connectivity index (χ1n) is 9.87. The highest BCUT2D eigenvalue weighted by molar-refractivity contribution is 5.80. The van der Waals surface area contributed by atoms with E-state index in [-0.39, 0.29) is 5.56 Å². The number of nitrogens with two attached hydrogens (primary N) is 1. The molecule has 3 heterocycles. The van der Waals surface area contributed by atoms with Crippen LogP contribution in [0.2, 0.25) is 0 Å². The van der Waals surface area contributed by atoms with Gasteiger partial charge in [-0.15, -0.1) is 0 Å². The molecule has 3 aromatic heterocycles. The zero-order chi connectivity index (χ0) is 19.1. The van der Waals surface area contributed by atoms with Crippen molar-refractivity contribution in [1.29, 1.82) is 0 Å². The molecule has 28 heavy (non-hydrogen) atoms. The van der Waals surface area contributed by atoms with Gasteiger partial charge in [-0.25, -0.2) is 9.97 Å². The van der Waals surface area contributed by atoms with Crippen LogP contribution in [0.5, 0.6) is 0 Å². The van der Waals surface area contributed by atoms with Gasteiger partial charge >= 0.3 is 0 Å². The fourth-order valence-electron chi connectivity index (χ4n) is 4.55. The molecule has 1 aliphatic rings. The fourth-order valence-corrected chi connectivity index (χ4v) is 4.55. The second kappa shape index (κ2) is 6.78. The lowest BCUT2D eigenvalue weighted by Crippen LogP contribution is -2.09. The Labute approximate surface area is 162 Å². The summed E-state index contributed by atoms with van der Waals surface area (Å²) in [7, 11) is 0. The molecule has 142 valence electrons. The van der Waals surface area contributed by atoms with Crippen molar-refractivity contribution in [3.63, 3.8) is 0 Å². The lowest BCUT2D eigenvalue weighted by atomic mass is 9.97. The topological polar surface area (TPSA) is 89.6 Å². The molecule has 6 nitrogen and oxygen atoms in total. The Hall–Kier alpha value is -3.15. The van der Waals surface area contributed by atoms with Crippen molar-refractivity contribution in [3.8, 4) is 0 Å². The smallest absolute Gasteiger partial charge is 0.260 e. The Morgan fingerprint density at radius 3 is 3.00 bits per heavy atom. The number of fused-ring (bicyclic) bond motifs is 2. The first-order valence-corrected chi connectivity index (χ1v) is 9.87. The number of rotatable bonds is 4. The minimum atomic E-state index is -0.0659. The highest BCUT2D eigenvalue weighted by Gasteiger charge is 2.26. The van der Waals surface area contributed by atoms with Crippen molar-refractivity contribution in [2.24, 2.45) is 5.92 Å². The molecular weight excluding hydrogens is 350 g/mol. The average molecular weight is 373 g/mol. The standard InChI is InChI=1S/C22H23N5O/c23-20-8-6-16-5-3-15(12-19(16)26-20)2-1-14-4-7-17(11-14)27-10-9-18-21(27)24-13-25-22(18)28/h3,5-6,8-10,12-14,17H,1-2,4,7,11H2,(H2,23,26)(H,24,25,28). The van der Waals surface area contributed by atoms with Crippen LogP contribution in [-0.2, 0) is 6.42 Å². The molecule has 1 aliphatic carbocycles. The van der Waals surface area contributed by atoms with Crippen LogP contribution in [0.15, 0.2) is 53.7 Å². The summed E-state index contributed by atoms with van der Waals surface area (Å²) in [6.07, 6.45) is 9.21. The van der Waals surface area contributed by atoms with Gasteiger partial charge in [0.05, 0.1) is 17.2 Å². The number of aromatic amines is 1. The second-order valence-corrected chi connectivity index (χ2v) is 7.83. The maximum atomic E-state index is 11.9. The van der Waals surface area contributed by atoms with Crippen LogP contribution in [0.1, 0.15) is 37.3 Å². The van der Waals surface area contributed by atoms with E-state index < -0.39 is 0 Å².